The fourth-order valence-electron chi connectivity index (χ4n) is 5.81. The summed E-state index contributed by atoms with van der Waals surface area (Å²) < 4.78 is 1.57. The molecule has 0 radical (unpaired) electrons. The number of rotatable bonds is 4. The van der Waals surface area contributed by atoms with Gasteiger partial charge in [-0.1, -0.05) is 78.9 Å². The second-order valence-electron chi connectivity index (χ2n) is 9.86. The minimum Gasteiger partial charge on any atom is -0.343 e. The van der Waals surface area contributed by atoms with E-state index in [1.165, 1.54) is 4.88 Å². The largest absolute Gasteiger partial charge is 0.343 e. The molecule has 5 aromatic rings. The van der Waals surface area contributed by atoms with E-state index in [-0.39, 0.29) is 17.3 Å². The number of aromatic amines is 1. The Hall–Kier alpha value is -4.42. The van der Waals surface area contributed by atoms with Crippen LogP contribution in [0.3, 0.4) is 0 Å². The summed E-state index contributed by atoms with van der Waals surface area (Å²) in [6, 6.07) is 32.2. The van der Waals surface area contributed by atoms with Crippen molar-refractivity contribution in [3.63, 3.8) is 0 Å². The van der Waals surface area contributed by atoms with E-state index in [1.807, 2.05) is 54.6 Å². The topological polar surface area (TPSA) is 66.9 Å². The van der Waals surface area contributed by atoms with Gasteiger partial charge >= 0.3 is 0 Å². The molecule has 3 aromatic carbocycles. The Bertz CT molecular complexity index is 1710. The van der Waals surface area contributed by atoms with Crippen LogP contribution in [0.5, 0.6) is 0 Å². The highest BCUT2D eigenvalue weighted by Crippen LogP contribution is 2.47. The molecule has 0 saturated heterocycles. The minimum atomic E-state index is -0.434. The monoisotopic (exact) mass is 515 g/mol. The maximum atomic E-state index is 13.9. The molecule has 186 valence electrons. The summed E-state index contributed by atoms with van der Waals surface area (Å²) in [6.45, 7) is 0. The van der Waals surface area contributed by atoms with Crippen LogP contribution in [0.4, 0.5) is 5.82 Å². The Morgan fingerprint density at radius 3 is 2.18 bits per heavy atom. The van der Waals surface area contributed by atoms with Crippen molar-refractivity contribution in [3.8, 4) is 16.8 Å². The second kappa shape index (κ2) is 9.15. The molecule has 0 amide bonds. The Kier molecular flexibility index (Phi) is 5.48. The van der Waals surface area contributed by atoms with E-state index in [9.17, 15) is 9.59 Å². The third-order valence-corrected chi connectivity index (χ3v) is 8.63. The lowest BCUT2D eigenvalue weighted by Gasteiger charge is -2.34. The average Bonchev–Trinajstić information content (AvgIpc) is 3.62. The van der Waals surface area contributed by atoms with Crippen LogP contribution in [0.1, 0.15) is 40.7 Å². The van der Waals surface area contributed by atoms with Gasteiger partial charge in [-0.05, 0) is 46.7 Å². The van der Waals surface area contributed by atoms with Gasteiger partial charge in [-0.3, -0.25) is 14.7 Å². The van der Waals surface area contributed by atoms with Crippen molar-refractivity contribution in [3.05, 3.63) is 140 Å². The zero-order valence-electron chi connectivity index (χ0n) is 20.6. The van der Waals surface area contributed by atoms with Crippen LogP contribution in [0.25, 0.3) is 16.8 Å². The summed E-state index contributed by atoms with van der Waals surface area (Å²) in [5.74, 6) is 0.470. The van der Waals surface area contributed by atoms with E-state index < -0.39 is 5.92 Å². The van der Waals surface area contributed by atoms with Crippen LogP contribution in [-0.4, -0.2) is 15.6 Å². The number of para-hydroxylation sites is 1. The normalized spacial score (nSPS) is 18.6. The first-order valence-electron chi connectivity index (χ1n) is 12.8. The second-order valence-corrected chi connectivity index (χ2v) is 10.8. The Balaban J connectivity index is 1.37. The zero-order valence-corrected chi connectivity index (χ0v) is 21.4. The number of Topliss-reactive ketones (excluding diaryl/α,β-unsaturated/α-hetero) is 1. The van der Waals surface area contributed by atoms with E-state index in [1.54, 1.807) is 16.0 Å². The number of aromatic nitrogens is 2. The molecule has 7 rings (SSSR count). The molecule has 3 heterocycles. The van der Waals surface area contributed by atoms with Gasteiger partial charge < -0.3 is 5.32 Å². The lowest BCUT2D eigenvalue weighted by Crippen LogP contribution is -2.31. The molecular weight excluding hydrogens is 490 g/mol. The highest BCUT2D eigenvalue weighted by atomic mass is 32.1. The molecule has 2 aromatic heterocycles. The number of nitrogens with one attached hydrogen (secondary N) is 2. The van der Waals surface area contributed by atoms with Gasteiger partial charge in [-0.2, -0.15) is 0 Å². The van der Waals surface area contributed by atoms with E-state index in [0.717, 1.165) is 34.5 Å². The third kappa shape index (κ3) is 3.76. The van der Waals surface area contributed by atoms with Gasteiger partial charge in [-0.15, -0.1) is 11.3 Å². The number of carbonyl (C=O) groups excluding carboxylic acids is 1. The number of thiophene rings is 1. The van der Waals surface area contributed by atoms with Gasteiger partial charge in [0.2, 0.25) is 0 Å². The van der Waals surface area contributed by atoms with E-state index in [0.29, 0.717) is 23.4 Å². The molecule has 0 saturated carbocycles. The van der Waals surface area contributed by atoms with Crippen LogP contribution in [-0.2, 0) is 4.79 Å². The molecule has 6 heteroatoms. The van der Waals surface area contributed by atoms with Crippen molar-refractivity contribution in [2.75, 3.05) is 5.32 Å². The summed E-state index contributed by atoms with van der Waals surface area (Å²) in [7, 11) is 0. The summed E-state index contributed by atoms with van der Waals surface area (Å²) in [4.78, 5) is 28.9. The van der Waals surface area contributed by atoms with Crippen LogP contribution in [0, 0.1) is 0 Å². The average molecular weight is 516 g/mol. The van der Waals surface area contributed by atoms with Crippen LogP contribution >= 0.6 is 11.3 Å². The molecule has 0 spiro atoms. The quantitative estimate of drug-likeness (QED) is 0.275. The highest BCUT2D eigenvalue weighted by molar-refractivity contribution is 7.10. The van der Waals surface area contributed by atoms with Crippen LogP contribution in [0.15, 0.2) is 119 Å². The lowest BCUT2D eigenvalue weighted by molar-refractivity contribution is -0.116. The third-order valence-electron chi connectivity index (χ3n) is 7.60. The van der Waals surface area contributed by atoms with Crippen molar-refractivity contribution in [2.45, 2.75) is 24.7 Å². The fraction of sp³-hybridized carbons (Fsp3) is 0.125. The summed E-state index contributed by atoms with van der Waals surface area (Å²) >= 11 is 1.69. The van der Waals surface area contributed by atoms with Crippen molar-refractivity contribution in [1.82, 2.24) is 9.78 Å². The van der Waals surface area contributed by atoms with Gasteiger partial charge in [-0.25, -0.2) is 4.68 Å². The molecule has 2 unspecified atom stereocenters. The number of fused-ring (bicyclic) bond motifs is 1. The van der Waals surface area contributed by atoms with E-state index >= 15 is 0 Å². The number of anilines is 1. The van der Waals surface area contributed by atoms with Crippen molar-refractivity contribution in [2.24, 2.45) is 0 Å². The molecule has 5 nitrogen and oxygen atoms in total. The fourth-order valence-corrected chi connectivity index (χ4v) is 6.64. The summed E-state index contributed by atoms with van der Waals surface area (Å²) in [5.41, 5.74) is 6.00. The SMILES string of the molecule is O=C1CC(c2cccs2)CC2=C1C(c1ccc(-c3ccccc3)cc1)c1c([nH]n(-c3ccccc3)c1=O)N2. The minimum absolute atomic E-state index is 0.104. The molecule has 2 N–H and O–H groups in total. The number of ketones is 1. The first-order chi connectivity index (χ1) is 18.7. The number of H-pyrrole nitrogens is 1. The molecule has 0 fully saturated rings. The van der Waals surface area contributed by atoms with Gasteiger partial charge in [0.25, 0.3) is 5.56 Å². The highest BCUT2D eigenvalue weighted by Gasteiger charge is 2.41. The maximum Gasteiger partial charge on any atom is 0.277 e. The number of carbonyl (C=O) groups is 1. The van der Waals surface area contributed by atoms with Crippen molar-refractivity contribution < 1.29 is 4.79 Å². The smallest absolute Gasteiger partial charge is 0.277 e. The Morgan fingerprint density at radius 1 is 0.763 bits per heavy atom. The Labute approximate surface area is 224 Å². The predicted molar refractivity (Wildman–Crippen MR) is 152 cm³/mol. The number of hydrogen-bond donors (Lipinski definition) is 2. The lowest BCUT2D eigenvalue weighted by atomic mass is 9.74. The van der Waals surface area contributed by atoms with Crippen molar-refractivity contribution >= 4 is 22.9 Å². The predicted octanol–water partition coefficient (Wildman–Crippen LogP) is 6.85. The molecule has 2 atom stereocenters. The van der Waals surface area contributed by atoms with Gasteiger partial charge in [0.05, 0.1) is 11.3 Å². The van der Waals surface area contributed by atoms with Gasteiger partial charge in [0.15, 0.2) is 5.78 Å². The Morgan fingerprint density at radius 2 is 1.47 bits per heavy atom. The first kappa shape index (κ1) is 22.8. The van der Waals surface area contributed by atoms with Crippen molar-refractivity contribution in [1.29, 1.82) is 0 Å². The number of benzene rings is 3. The molecule has 1 aliphatic carbocycles. The summed E-state index contributed by atoms with van der Waals surface area (Å²) in [6.07, 6.45) is 1.18. The molecule has 38 heavy (non-hydrogen) atoms. The zero-order chi connectivity index (χ0) is 25.6. The number of nitrogens with zero attached hydrogens (tertiary/aromatic N) is 1. The number of allylic oxidation sites excluding steroid dienone is 2. The van der Waals surface area contributed by atoms with Gasteiger partial charge in [0.1, 0.15) is 5.82 Å². The molecular formula is C32H25N3O2S. The van der Waals surface area contributed by atoms with Crippen LogP contribution < -0.4 is 10.9 Å². The molecule has 0 bridgehead atoms. The molecule has 2 aliphatic rings. The van der Waals surface area contributed by atoms with E-state index in [4.69, 9.17) is 0 Å². The molecule has 1 aliphatic heterocycles. The van der Waals surface area contributed by atoms with Gasteiger partial charge in [0, 0.05) is 34.4 Å². The standard InChI is InChI=1S/C32H25N3O2S/c36-26-19-23(27-12-7-17-38-27)18-25-29(26)28(22-15-13-21(14-16-22)20-8-3-1-4-9-20)30-31(33-25)34-35(32(30)37)24-10-5-2-6-11-24/h1-17,23,28,33-34H,18-19H2. The van der Waals surface area contributed by atoms with E-state index in [2.05, 4.69) is 58.3 Å². The first-order valence-corrected chi connectivity index (χ1v) is 13.7. The maximum absolute atomic E-state index is 13.9. The summed E-state index contributed by atoms with van der Waals surface area (Å²) in [5, 5.41) is 8.84. The van der Waals surface area contributed by atoms with Crippen LogP contribution in [0.2, 0.25) is 0 Å². The number of hydrogen-bond acceptors (Lipinski definition) is 4.